The molecule has 0 radical (unpaired) electrons. The van der Waals surface area contributed by atoms with Crippen LogP contribution in [0.15, 0.2) is 67.6 Å². The molecule has 6 N–H and O–H groups in total. The second-order valence-corrected chi connectivity index (χ2v) is 42.7. The van der Waals surface area contributed by atoms with Gasteiger partial charge in [-0.15, -0.1) is 6.58 Å². The number of aromatic amines is 4. The molecule has 3 aliphatic carbocycles. The van der Waals surface area contributed by atoms with Crippen LogP contribution in [0.5, 0.6) is 0 Å². The Morgan fingerprint density at radius 2 is 0.917 bits per heavy atom. The van der Waals surface area contributed by atoms with E-state index in [1.54, 1.807) is 6.08 Å². The number of nitrogens with one attached hydrogen (secondary N) is 4. The van der Waals surface area contributed by atoms with Gasteiger partial charge >= 0.3 is 0 Å². The number of aromatic nitrogens is 9. The van der Waals surface area contributed by atoms with Gasteiger partial charge in [0, 0.05) is 124 Å². The largest absolute Gasteiger partial charge is 0.396 e. The smallest absolute Gasteiger partial charge is 0.237 e. The monoisotopic (exact) mass is 1330 g/mol. The van der Waals surface area contributed by atoms with Crippen LogP contribution < -0.4 is 14.7 Å². The number of anilines is 3. The molecule has 9 heterocycles. The molecule has 21 heteroatoms. The van der Waals surface area contributed by atoms with Crippen LogP contribution in [0.25, 0.3) is 66.9 Å². The maximum absolute atomic E-state index is 13.2. The first-order valence-corrected chi connectivity index (χ1v) is 42.3. The number of hydrogen-bond donors (Lipinski definition) is 6. The lowest BCUT2D eigenvalue weighted by molar-refractivity contribution is -0.122. The maximum atomic E-state index is 13.2. The Kier molecular flexibility index (Phi) is 17.9. The summed E-state index contributed by atoms with van der Waals surface area (Å²) < 4.78 is 15.8. The first-order valence-electron chi connectivity index (χ1n) is 34.9. The number of carbonyl (C=O) groups is 3. The summed E-state index contributed by atoms with van der Waals surface area (Å²) in [4.78, 5) is 55.8. The molecule has 0 atom stereocenters. The zero-order valence-corrected chi connectivity index (χ0v) is 60.6. The lowest BCUT2D eigenvalue weighted by Gasteiger charge is -2.20. The van der Waals surface area contributed by atoms with E-state index in [1.807, 2.05) is 71.8 Å². The van der Waals surface area contributed by atoms with Crippen molar-refractivity contribution in [3.8, 4) is 34.2 Å². The van der Waals surface area contributed by atoms with Crippen molar-refractivity contribution in [3.63, 3.8) is 0 Å². The standard InChI is InChI=1S/C27H38N4O3Si.C27H36N4O2Si.C21H24N4O2/c1-27(2)21-15-22-20(14-23(21)31(26(27)33)10-7-11-32)19-9-6-8-18-16-30(29-24(18)25(19)28-22)17-34-12-13-35(3,4)5;1-7-11-31-23-14-20-19-10-8-9-18-16-30(17-33-12-13-34(4,5)6)29-24(18)25(19)28-22(20)15-21(23)27(2,3)26(31)32;1-21(2)15-10-16-14(9-17(15)25(20(21)27)7-4-8-26)13-6-3-5-12-11-22-24-18(12)19(13)23-16/h14-16,28,32H,6-13,17H2,1-5H3;7,14-16,28H,1,8-13,17H2,2-6H3;9-11,23,26H,3-8H2,1-2H3,(H,22,24). The van der Waals surface area contributed by atoms with Crippen molar-refractivity contribution in [2.45, 2.75) is 193 Å². The van der Waals surface area contributed by atoms with Gasteiger partial charge in [-0.25, -0.2) is 9.36 Å². The van der Waals surface area contributed by atoms with E-state index in [2.05, 4.69) is 120 Å². The Morgan fingerprint density at radius 1 is 0.531 bits per heavy atom. The number of benzene rings is 3. The molecule has 6 aromatic heterocycles. The number of aliphatic hydroxyl groups is 2. The van der Waals surface area contributed by atoms with Crippen LogP contribution in [0.2, 0.25) is 51.4 Å². The van der Waals surface area contributed by atoms with Gasteiger partial charge in [0.1, 0.15) is 24.8 Å². The van der Waals surface area contributed by atoms with Crippen LogP contribution >= 0.6 is 0 Å². The summed E-state index contributed by atoms with van der Waals surface area (Å²) in [6, 6.07) is 15.4. The van der Waals surface area contributed by atoms with Crippen molar-refractivity contribution in [3.05, 3.63) is 118 Å². The lowest BCUT2D eigenvalue weighted by Crippen LogP contribution is -2.37. The first kappa shape index (κ1) is 66.9. The maximum Gasteiger partial charge on any atom is 0.237 e. The van der Waals surface area contributed by atoms with E-state index in [-0.39, 0.29) is 30.9 Å². The highest BCUT2D eigenvalue weighted by Gasteiger charge is 2.47. The zero-order chi connectivity index (χ0) is 68.0. The van der Waals surface area contributed by atoms with E-state index in [0.717, 1.165) is 168 Å². The summed E-state index contributed by atoms with van der Waals surface area (Å²) in [7, 11) is -2.21. The number of fused-ring (bicyclic) bond motifs is 18. The average Bonchev–Trinajstić information content (AvgIpc) is 1.58. The molecule has 15 rings (SSSR count). The predicted molar refractivity (Wildman–Crippen MR) is 389 cm³/mol. The van der Waals surface area contributed by atoms with Crippen LogP contribution in [0.4, 0.5) is 17.1 Å². The summed E-state index contributed by atoms with van der Waals surface area (Å²) in [5, 5.41) is 39.4. The number of ether oxygens (including phenoxy) is 2. The highest BCUT2D eigenvalue weighted by molar-refractivity contribution is 6.76. The van der Waals surface area contributed by atoms with Crippen LogP contribution in [0, 0.1) is 0 Å². The van der Waals surface area contributed by atoms with Crippen molar-refractivity contribution in [1.82, 2.24) is 44.7 Å². The number of nitrogens with zero attached hydrogens (tertiary/aromatic N) is 8. The third-order valence-electron chi connectivity index (χ3n) is 20.9. The quantitative estimate of drug-likeness (QED) is 0.0270. The number of aliphatic hydroxyl groups excluding tert-OH is 2. The molecule has 0 bridgehead atoms. The van der Waals surface area contributed by atoms with Gasteiger partial charge in [-0.3, -0.25) is 19.5 Å². The molecule has 19 nitrogen and oxygen atoms in total. The van der Waals surface area contributed by atoms with Crippen molar-refractivity contribution >= 4 is 83.6 Å². The van der Waals surface area contributed by atoms with E-state index in [9.17, 15) is 24.6 Å². The molecular weight excluding hydrogens is 1240 g/mol. The van der Waals surface area contributed by atoms with Gasteiger partial charge < -0.3 is 49.3 Å². The molecule has 0 unspecified atom stereocenters. The Balaban J connectivity index is 0.000000131. The van der Waals surface area contributed by atoms with Crippen LogP contribution in [-0.4, -0.2) is 135 Å². The Labute approximate surface area is 565 Å². The minimum absolute atomic E-state index is 0.0780. The number of H-pyrrole nitrogens is 4. The topological polar surface area (TPSA) is 232 Å². The average molecular weight is 1340 g/mol. The molecule has 0 saturated heterocycles. The fraction of sp³-hybridized carbons (Fsp3) is 0.493. The minimum atomic E-state index is -1.11. The SMILES string of the molecule is C=CCN1C(=O)C(C)(C)c2cc3[nH]c4c(c3cc21)CCCc1cn(COCC[Si](C)(C)C)nc1-4.CC1(C)C(=O)N(CCCO)c2cc3c4c([nH]c3cc21)-c1[nH]ncc1CCC4.CC1(C)C(=O)N(CCCO)c2cc3c4c([nH]c3cc21)-c1nn(COCC[Si](C)(C)C)cc1CCC4. The number of carbonyl (C=O) groups excluding carboxylic acids is 3. The molecule has 0 spiro atoms. The summed E-state index contributed by atoms with van der Waals surface area (Å²) in [6.07, 6.45) is 18.4. The second kappa shape index (κ2) is 25.6. The molecule has 96 heavy (non-hydrogen) atoms. The van der Waals surface area contributed by atoms with Gasteiger partial charge in [-0.05, 0) is 211 Å². The molecule has 508 valence electrons. The van der Waals surface area contributed by atoms with Crippen molar-refractivity contribution < 1.29 is 34.1 Å². The molecule has 3 amide bonds. The van der Waals surface area contributed by atoms with E-state index in [1.165, 1.54) is 49.5 Å². The van der Waals surface area contributed by atoms with Crippen LogP contribution in [0.1, 0.15) is 124 Å². The Hall–Kier alpha value is -7.67. The number of aryl methyl sites for hydroxylation is 6. The van der Waals surface area contributed by atoms with Gasteiger partial charge in [0.05, 0.1) is 45.2 Å². The fourth-order valence-electron chi connectivity index (χ4n) is 15.3. The molecule has 0 saturated carbocycles. The van der Waals surface area contributed by atoms with E-state index in [0.29, 0.717) is 45.9 Å². The highest BCUT2D eigenvalue weighted by Crippen LogP contribution is 2.50. The van der Waals surface area contributed by atoms with E-state index in [4.69, 9.17) is 19.7 Å². The molecule has 6 aliphatic rings. The number of amides is 3. The first-order chi connectivity index (χ1) is 45.7. The number of hydrogen-bond acceptors (Lipinski definition) is 10. The van der Waals surface area contributed by atoms with Crippen molar-refractivity contribution in [2.75, 3.05) is 60.8 Å². The summed E-state index contributed by atoms with van der Waals surface area (Å²) in [6.45, 7) is 34.4. The van der Waals surface area contributed by atoms with Gasteiger partial charge in [-0.2, -0.15) is 15.3 Å². The van der Waals surface area contributed by atoms with Gasteiger partial charge in [-0.1, -0.05) is 45.4 Å². The third kappa shape index (κ3) is 12.2. The van der Waals surface area contributed by atoms with Crippen molar-refractivity contribution in [1.29, 1.82) is 0 Å². The second-order valence-electron chi connectivity index (χ2n) is 31.4. The number of rotatable bonds is 18. The Bertz CT molecular complexity index is 4500. The van der Waals surface area contributed by atoms with Crippen LogP contribution in [-0.2, 0) is 92.1 Å². The summed E-state index contributed by atoms with van der Waals surface area (Å²) >= 11 is 0. The van der Waals surface area contributed by atoms with E-state index < -0.39 is 32.4 Å². The lowest BCUT2D eigenvalue weighted by atomic mass is 9.85. The minimum Gasteiger partial charge on any atom is -0.396 e. The molecule has 9 aromatic rings. The molecule has 3 aliphatic heterocycles. The molecule has 3 aromatic carbocycles. The van der Waals surface area contributed by atoms with Gasteiger partial charge in [0.25, 0.3) is 0 Å². The molecule has 0 fully saturated rings. The fourth-order valence-corrected chi connectivity index (χ4v) is 16.8. The van der Waals surface area contributed by atoms with Gasteiger partial charge in [0.15, 0.2) is 0 Å². The van der Waals surface area contributed by atoms with Crippen molar-refractivity contribution in [2.24, 2.45) is 0 Å². The normalized spacial score (nSPS) is 17.2. The third-order valence-corrected chi connectivity index (χ3v) is 24.3. The Morgan fingerprint density at radius 3 is 1.32 bits per heavy atom. The summed E-state index contributed by atoms with van der Waals surface area (Å²) in [5.41, 5.74) is 21.9. The zero-order valence-electron chi connectivity index (χ0n) is 58.6. The summed E-state index contributed by atoms with van der Waals surface area (Å²) in [5.74, 6) is 0.353. The van der Waals surface area contributed by atoms with Crippen LogP contribution in [0.3, 0.4) is 0 Å². The predicted octanol–water partition coefficient (Wildman–Crippen LogP) is 13.5. The highest BCUT2D eigenvalue weighted by atomic mass is 28.3. The van der Waals surface area contributed by atoms with E-state index >= 15 is 0 Å². The van der Waals surface area contributed by atoms with Gasteiger partial charge in [0.2, 0.25) is 17.7 Å². The molecular formula is C75H98N12O7Si2.